The smallest absolute Gasteiger partial charge is 0.427 e. The maximum atomic E-state index is 12.8. The predicted molar refractivity (Wildman–Crippen MR) is 75.7 cm³/mol. The Bertz CT molecular complexity index is 387. The zero-order valence-corrected chi connectivity index (χ0v) is 13.1. The second-order valence-corrected chi connectivity index (χ2v) is 6.38. The van der Waals surface area contributed by atoms with Crippen molar-refractivity contribution in [3.63, 3.8) is 0 Å². The van der Waals surface area contributed by atoms with E-state index in [1.807, 2.05) is 0 Å². The average Bonchev–Trinajstić information content (AvgIpc) is 2.47. The van der Waals surface area contributed by atoms with Gasteiger partial charge in [0.1, 0.15) is 0 Å². The number of nitrogens with one attached hydrogen (secondary N) is 1. The standard InChI is InChI=1S/C14H24F3N3O2/c1-13(2,14(15,16)17)22-12(21)20-7-3-11(4-8-20)19-9-5-18-6-10-19/h11,18H,3-10H2,1-2H3. The summed E-state index contributed by atoms with van der Waals surface area (Å²) in [7, 11) is 0. The molecule has 0 aromatic rings. The van der Waals surface area contributed by atoms with E-state index < -0.39 is 17.9 Å². The number of hydrogen-bond donors (Lipinski definition) is 1. The molecule has 128 valence electrons. The summed E-state index contributed by atoms with van der Waals surface area (Å²) >= 11 is 0. The highest BCUT2D eigenvalue weighted by Crippen LogP contribution is 2.33. The number of amides is 1. The van der Waals surface area contributed by atoms with Crippen LogP contribution in [0.25, 0.3) is 0 Å². The van der Waals surface area contributed by atoms with Crippen molar-refractivity contribution in [2.45, 2.75) is 44.5 Å². The van der Waals surface area contributed by atoms with E-state index >= 15 is 0 Å². The minimum Gasteiger partial charge on any atom is -0.434 e. The first-order chi connectivity index (χ1) is 10.2. The quantitative estimate of drug-likeness (QED) is 0.842. The number of halogens is 3. The van der Waals surface area contributed by atoms with Crippen LogP contribution in [0.5, 0.6) is 0 Å². The molecule has 0 spiro atoms. The number of rotatable bonds is 2. The van der Waals surface area contributed by atoms with Crippen LogP contribution in [0.3, 0.4) is 0 Å². The molecule has 2 rings (SSSR count). The number of likely N-dealkylation sites (tertiary alicyclic amines) is 1. The van der Waals surface area contributed by atoms with Crippen molar-refractivity contribution in [1.82, 2.24) is 15.1 Å². The summed E-state index contributed by atoms with van der Waals surface area (Å²) in [6.45, 7) is 6.52. The molecule has 2 saturated heterocycles. The minimum atomic E-state index is -4.57. The molecule has 2 heterocycles. The molecule has 2 aliphatic heterocycles. The third-order valence-corrected chi connectivity index (χ3v) is 4.42. The van der Waals surface area contributed by atoms with Crippen molar-refractivity contribution in [3.8, 4) is 0 Å². The van der Waals surface area contributed by atoms with Crippen LogP contribution in [0.2, 0.25) is 0 Å². The highest BCUT2D eigenvalue weighted by Gasteiger charge is 2.51. The van der Waals surface area contributed by atoms with Gasteiger partial charge in [0, 0.05) is 45.3 Å². The normalized spacial score (nSPS) is 22.7. The zero-order chi connectivity index (χ0) is 16.4. The highest BCUT2D eigenvalue weighted by molar-refractivity contribution is 5.68. The molecule has 0 unspecified atom stereocenters. The SMILES string of the molecule is CC(C)(OC(=O)N1CCC(N2CCNCC2)CC1)C(F)(F)F. The van der Waals surface area contributed by atoms with Crippen molar-refractivity contribution in [2.75, 3.05) is 39.3 Å². The van der Waals surface area contributed by atoms with Gasteiger partial charge >= 0.3 is 12.3 Å². The topological polar surface area (TPSA) is 44.8 Å². The van der Waals surface area contributed by atoms with Crippen LogP contribution in [0, 0.1) is 0 Å². The summed E-state index contributed by atoms with van der Waals surface area (Å²) in [4.78, 5) is 15.7. The molecule has 2 fully saturated rings. The Morgan fingerprint density at radius 3 is 2.14 bits per heavy atom. The lowest BCUT2D eigenvalue weighted by Crippen LogP contribution is -2.54. The fourth-order valence-corrected chi connectivity index (χ4v) is 2.80. The molecule has 22 heavy (non-hydrogen) atoms. The van der Waals surface area contributed by atoms with Crippen LogP contribution in [-0.4, -0.2) is 73.0 Å². The van der Waals surface area contributed by atoms with Crippen LogP contribution in [0.15, 0.2) is 0 Å². The van der Waals surface area contributed by atoms with E-state index in [1.165, 1.54) is 4.90 Å². The Kier molecular flexibility index (Phi) is 5.21. The van der Waals surface area contributed by atoms with Crippen LogP contribution >= 0.6 is 0 Å². The second-order valence-electron chi connectivity index (χ2n) is 6.38. The first-order valence-electron chi connectivity index (χ1n) is 7.70. The molecule has 1 amide bonds. The maximum Gasteiger partial charge on any atom is 0.427 e. The number of carbonyl (C=O) groups is 1. The lowest BCUT2D eigenvalue weighted by Gasteiger charge is -2.40. The Labute approximate surface area is 128 Å². The third-order valence-electron chi connectivity index (χ3n) is 4.42. The molecule has 0 saturated carbocycles. The third kappa shape index (κ3) is 4.04. The van der Waals surface area contributed by atoms with Crippen molar-refractivity contribution >= 4 is 6.09 Å². The van der Waals surface area contributed by atoms with E-state index in [2.05, 4.69) is 15.0 Å². The van der Waals surface area contributed by atoms with E-state index in [-0.39, 0.29) is 0 Å². The Hall–Kier alpha value is -1.02. The summed E-state index contributed by atoms with van der Waals surface area (Å²) in [6, 6.07) is 0.404. The summed E-state index contributed by atoms with van der Waals surface area (Å²) < 4.78 is 42.9. The summed E-state index contributed by atoms with van der Waals surface area (Å²) in [5, 5.41) is 3.29. The molecule has 0 aromatic carbocycles. The van der Waals surface area contributed by atoms with E-state index in [4.69, 9.17) is 0 Å². The zero-order valence-electron chi connectivity index (χ0n) is 13.1. The Balaban J connectivity index is 1.82. The summed E-state index contributed by atoms with van der Waals surface area (Å²) in [5.74, 6) is 0. The fraction of sp³-hybridized carbons (Fsp3) is 0.929. The lowest BCUT2D eigenvalue weighted by atomic mass is 10.0. The lowest BCUT2D eigenvalue weighted by molar-refractivity contribution is -0.246. The predicted octanol–water partition coefficient (Wildman–Crippen LogP) is 1.83. The van der Waals surface area contributed by atoms with Crippen LogP contribution in [-0.2, 0) is 4.74 Å². The van der Waals surface area contributed by atoms with Crippen molar-refractivity contribution < 1.29 is 22.7 Å². The van der Waals surface area contributed by atoms with Gasteiger partial charge in [0.05, 0.1) is 0 Å². The molecule has 0 aliphatic carbocycles. The Morgan fingerprint density at radius 2 is 1.64 bits per heavy atom. The van der Waals surface area contributed by atoms with Gasteiger partial charge in [0.15, 0.2) is 0 Å². The monoisotopic (exact) mass is 323 g/mol. The van der Waals surface area contributed by atoms with Gasteiger partial charge in [-0.15, -0.1) is 0 Å². The first kappa shape index (κ1) is 17.3. The van der Waals surface area contributed by atoms with Gasteiger partial charge in [0.25, 0.3) is 0 Å². The molecule has 0 aromatic heterocycles. The van der Waals surface area contributed by atoms with Gasteiger partial charge in [-0.3, -0.25) is 4.90 Å². The molecular weight excluding hydrogens is 299 g/mol. The van der Waals surface area contributed by atoms with E-state index in [0.29, 0.717) is 19.1 Å². The molecule has 5 nitrogen and oxygen atoms in total. The number of alkyl halides is 3. The molecule has 0 atom stereocenters. The summed E-state index contributed by atoms with van der Waals surface area (Å²) in [6.07, 6.45) is -3.88. The molecule has 0 radical (unpaired) electrons. The van der Waals surface area contributed by atoms with Crippen molar-refractivity contribution in [2.24, 2.45) is 0 Å². The average molecular weight is 323 g/mol. The van der Waals surface area contributed by atoms with E-state index in [1.54, 1.807) is 0 Å². The van der Waals surface area contributed by atoms with Gasteiger partial charge in [0.2, 0.25) is 5.60 Å². The van der Waals surface area contributed by atoms with Gasteiger partial charge in [-0.25, -0.2) is 4.79 Å². The Morgan fingerprint density at radius 1 is 1.09 bits per heavy atom. The molecule has 8 heteroatoms. The number of carbonyl (C=O) groups excluding carboxylic acids is 1. The molecule has 2 aliphatic rings. The van der Waals surface area contributed by atoms with Crippen LogP contribution < -0.4 is 5.32 Å². The van der Waals surface area contributed by atoms with Gasteiger partial charge in [-0.2, -0.15) is 13.2 Å². The first-order valence-corrected chi connectivity index (χ1v) is 7.70. The number of nitrogens with zero attached hydrogens (tertiary/aromatic N) is 2. The molecule has 0 bridgehead atoms. The van der Waals surface area contributed by atoms with Gasteiger partial charge < -0.3 is 15.0 Å². The maximum absolute atomic E-state index is 12.8. The number of hydrogen-bond acceptors (Lipinski definition) is 4. The number of piperidine rings is 1. The van der Waals surface area contributed by atoms with E-state index in [0.717, 1.165) is 52.9 Å². The van der Waals surface area contributed by atoms with Gasteiger partial charge in [-0.05, 0) is 26.7 Å². The van der Waals surface area contributed by atoms with Crippen LogP contribution in [0.1, 0.15) is 26.7 Å². The van der Waals surface area contributed by atoms with Crippen molar-refractivity contribution in [3.05, 3.63) is 0 Å². The van der Waals surface area contributed by atoms with E-state index in [9.17, 15) is 18.0 Å². The minimum absolute atomic E-state index is 0.404. The number of piperazine rings is 1. The van der Waals surface area contributed by atoms with Crippen molar-refractivity contribution in [1.29, 1.82) is 0 Å². The summed E-state index contributed by atoms with van der Waals surface area (Å²) in [5.41, 5.74) is -2.46. The molecule has 1 N–H and O–H groups in total. The largest absolute Gasteiger partial charge is 0.434 e. The molecular formula is C14H24F3N3O2. The number of ether oxygens (including phenoxy) is 1. The highest BCUT2D eigenvalue weighted by atomic mass is 19.4. The second kappa shape index (κ2) is 6.62. The van der Waals surface area contributed by atoms with Gasteiger partial charge in [-0.1, -0.05) is 0 Å². The van der Waals surface area contributed by atoms with Crippen LogP contribution in [0.4, 0.5) is 18.0 Å². The fourth-order valence-electron chi connectivity index (χ4n) is 2.80.